The lowest BCUT2D eigenvalue weighted by molar-refractivity contribution is -0.132. The Bertz CT molecular complexity index is 1600. The highest BCUT2D eigenvalue weighted by atomic mass is 32.2. The quantitative estimate of drug-likeness (QED) is 0.0345. The number of benzene rings is 3. The molecule has 0 saturated carbocycles. The Morgan fingerprint density at radius 1 is 0.844 bits per heavy atom. The number of amides is 1. The lowest BCUT2D eigenvalue weighted by Crippen LogP contribution is -2.29. The summed E-state index contributed by atoms with van der Waals surface area (Å²) in [5, 5.41) is 20.4. The fourth-order valence-electron chi connectivity index (χ4n) is 4.91. The summed E-state index contributed by atoms with van der Waals surface area (Å²) in [6, 6.07) is 23.3. The van der Waals surface area contributed by atoms with Crippen molar-refractivity contribution in [1.82, 2.24) is 10.2 Å². The molecule has 5 rings (SSSR count). The number of carbonyl (C=O) groups excluding carboxylic acids is 2. The maximum Gasteiger partial charge on any atom is 0.301 e. The van der Waals surface area contributed by atoms with Gasteiger partial charge in [-0.3, -0.25) is 14.5 Å². The molecule has 0 spiro atoms. The minimum atomic E-state index is -0.903. The number of thioether (sulfide) groups is 1. The van der Waals surface area contributed by atoms with E-state index in [1.54, 1.807) is 24.3 Å². The molecule has 0 aliphatic carbocycles. The van der Waals surface area contributed by atoms with Crippen molar-refractivity contribution in [1.29, 1.82) is 0 Å². The monoisotopic (exact) mass is 643 g/mol. The van der Waals surface area contributed by atoms with Crippen LogP contribution in [0.15, 0.2) is 88.8 Å². The molecule has 0 radical (unpaired) electrons. The third kappa shape index (κ3) is 7.93. The Hall–Kier alpha value is -4.15. The number of rotatable bonds is 15. The molecule has 45 heavy (non-hydrogen) atoms. The van der Waals surface area contributed by atoms with E-state index < -0.39 is 17.7 Å². The third-order valence-electron chi connectivity index (χ3n) is 7.36. The fraction of sp³-hybridized carbons (Fsp3) is 0.314. The molecule has 8 nitrogen and oxygen atoms in total. The summed E-state index contributed by atoms with van der Waals surface area (Å²) in [5.41, 5.74) is 2.18. The first kappa shape index (κ1) is 32.2. The summed E-state index contributed by atoms with van der Waals surface area (Å²) in [6.07, 6.45) is 5.11. The molecule has 1 aliphatic heterocycles. The Labute approximate surface area is 272 Å². The molecule has 1 atom stereocenters. The van der Waals surface area contributed by atoms with Gasteiger partial charge in [0.1, 0.15) is 17.3 Å². The number of aromatic nitrogens is 2. The van der Waals surface area contributed by atoms with Crippen LogP contribution in [0, 0.1) is 0 Å². The standard InChI is InChI=1S/C35H37N3O5S2/c1-3-5-10-22-43-27-17-13-25(14-18-27)30-29(31(39)26-15-19-28(20-16-26)42-21-6-4-2)32(40)33(41)38(30)34-36-37-35(45-34)44-23-24-11-8-7-9-12-24/h7-9,11-20,30,39H,3-6,10,21-23H2,1-2H3/b31-29-. The van der Waals surface area contributed by atoms with Crippen molar-refractivity contribution in [3.63, 3.8) is 0 Å². The molecule has 1 aromatic heterocycles. The van der Waals surface area contributed by atoms with Gasteiger partial charge in [-0.15, -0.1) is 10.2 Å². The number of unbranched alkanes of at least 4 members (excludes halogenated alkanes) is 3. The average Bonchev–Trinajstić information content (AvgIpc) is 3.64. The highest BCUT2D eigenvalue weighted by Gasteiger charge is 2.48. The minimum Gasteiger partial charge on any atom is -0.507 e. The lowest BCUT2D eigenvalue weighted by Gasteiger charge is -2.22. The molecular formula is C35H37N3O5S2. The molecule has 1 aliphatic rings. The van der Waals surface area contributed by atoms with Gasteiger partial charge in [0.05, 0.1) is 24.8 Å². The van der Waals surface area contributed by atoms with Crippen molar-refractivity contribution >= 4 is 45.7 Å². The first-order valence-corrected chi connectivity index (χ1v) is 17.1. The molecule has 0 bridgehead atoms. The van der Waals surface area contributed by atoms with Gasteiger partial charge in [-0.1, -0.05) is 98.7 Å². The summed E-state index contributed by atoms with van der Waals surface area (Å²) < 4.78 is 12.3. The minimum absolute atomic E-state index is 0.00930. The van der Waals surface area contributed by atoms with E-state index in [0.29, 0.717) is 45.9 Å². The molecule has 1 N–H and O–H groups in total. The number of hydrogen-bond donors (Lipinski definition) is 1. The molecule has 234 valence electrons. The Balaban J connectivity index is 1.47. The van der Waals surface area contributed by atoms with Crippen LogP contribution in [0.3, 0.4) is 0 Å². The van der Waals surface area contributed by atoms with Crippen molar-refractivity contribution < 1.29 is 24.2 Å². The SMILES string of the molecule is CCCCCOc1ccc(C2/C(=C(/O)c3ccc(OCCCC)cc3)C(=O)C(=O)N2c2nnc(SCc3ccccc3)s2)cc1. The van der Waals surface area contributed by atoms with Crippen LogP contribution < -0.4 is 14.4 Å². The van der Waals surface area contributed by atoms with Crippen molar-refractivity contribution in [2.24, 2.45) is 0 Å². The summed E-state index contributed by atoms with van der Waals surface area (Å²) in [5.74, 6) is 0.243. The molecule has 1 saturated heterocycles. The highest BCUT2D eigenvalue weighted by Crippen LogP contribution is 2.44. The number of carbonyl (C=O) groups is 2. The smallest absolute Gasteiger partial charge is 0.301 e. The number of aliphatic hydroxyl groups excluding tert-OH is 1. The van der Waals surface area contributed by atoms with Gasteiger partial charge in [0.25, 0.3) is 5.78 Å². The zero-order valence-corrected chi connectivity index (χ0v) is 27.1. The largest absolute Gasteiger partial charge is 0.507 e. The molecule has 4 aromatic rings. The number of ketones is 1. The Morgan fingerprint density at radius 2 is 1.49 bits per heavy atom. The molecule has 3 aromatic carbocycles. The van der Waals surface area contributed by atoms with Crippen LogP contribution in [0.4, 0.5) is 5.13 Å². The van der Waals surface area contributed by atoms with Gasteiger partial charge in [-0.2, -0.15) is 0 Å². The maximum absolute atomic E-state index is 13.6. The van der Waals surface area contributed by atoms with Crippen molar-refractivity contribution in [3.05, 3.63) is 101 Å². The zero-order chi connectivity index (χ0) is 31.6. The number of Topliss-reactive ketones (excluding diaryl/α,β-unsaturated/α-hetero) is 1. The molecule has 10 heteroatoms. The van der Waals surface area contributed by atoms with Crippen LogP contribution in [0.25, 0.3) is 5.76 Å². The average molecular weight is 644 g/mol. The van der Waals surface area contributed by atoms with E-state index in [-0.39, 0.29) is 16.5 Å². The van der Waals surface area contributed by atoms with E-state index in [9.17, 15) is 14.7 Å². The second-order valence-corrected chi connectivity index (χ2v) is 12.8. The van der Waals surface area contributed by atoms with Crippen molar-refractivity contribution in [3.8, 4) is 11.5 Å². The Morgan fingerprint density at radius 3 is 2.16 bits per heavy atom. The van der Waals surface area contributed by atoms with E-state index in [0.717, 1.165) is 37.7 Å². The number of ether oxygens (including phenoxy) is 2. The summed E-state index contributed by atoms with van der Waals surface area (Å²) in [4.78, 5) is 28.6. The third-order valence-corrected chi connectivity index (χ3v) is 9.49. The van der Waals surface area contributed by atoms with Crippen molar-refractivity contribution in [2.45, 2.75) is 62.1 Å². The second kappa shape index (κ2) is 15.7. The van der Waals surface area contributed by atoms with Crippen LogP contribution in [-0.2, 0) is 15.3 Å². The summed E-state index contributed by atoms with van der Waals surface area (Å²) >= 11 is 2.75. The van der Waals surface area contributed by atoms with Crippen molar-refractivity contribution in [2.75, 3.05) is 18.1 Å². The predicted octanol–water partition coefficient (Wildman–Crippen LogP) is 8.20. The highest BCUT2D eigenvalue weighted by molar-refractivity contribution is 8.00. The molecule has 1 amide bonds. The summed E-state index contributed by atoms with van der Waals surface area (Å²) in [7, 11) is 0. The van der Waals surface area contributed by atoms with Crippen LogP contribution in [0.5, 0.6) is 11.5 Å². The maximum atomic E-state index is 13.6. The van der Waals surface area contributed by atoms with Crippen LogP contribution in [0.2, 0.25) is 0 Å². The van der Waals surface area contributed by atoms with E-state index in [2.05, 4.69) is 24.0 Å². The number of hydrogen-bond acceptors (Lipinski definition) is 9. The first-order chi connectivity index (χ1) is 22.0. The zero-order valence-electron chi connectivity index (χ0n) is 25.5. The molecular weight excluding hydrogens is 607 g/mol. The van der Waals surface area contributed by atoms with Gasteiger partial charge >= 0.3 is 5.91 Å². The topological polar surface area (TPSA) is 102 Å². The number of nitrogens with zero attached hydrogens (tertiary/aromatic N) is 3. The molecule has 2 heterocycles. The van der Waals surface area contributed by atoms with Crippen LogP contribution in [-0.4, -0.2) is 40.2 Å². The van der Waals surface area contributed by atoms with Gasteiger partial charge in [-0.05, 0) is 60.4 Å². The number of aliphatic hydroxyl groups is 1. The predicted molar refractivity (Wildman–Crippen MR) is 179 cm³/mol. The normalized spacial score (nSPS) is 15.9. The van der Waals surface area contributed by atoms with Gasteiger partial charge in [0.15, 0.2) is 4.34 Å². The van der Waals surface area contributed by atoms with Gasteiger partial charge in [0, 0.05) is 11.3 Å². The lowest BCUT2D eigenvalue weighted by atomic mass is 9.95. The number of anilines is 1. The van der Waals surface area contributed by atoms with Gasteiger partial charge in [0.2, 0.25) is 5.13 Å². The van der Waals surface area contributed by atoms with E-state index >= 15 is 0 Å². The molecule has 1 unspecified atom stereocenters. The van der Waals surface area contributed by atoms with E-state index in [4.69, 9.17) is 9.47 Å². The van der Waals surface area contributed by atoms with Crippen LogP contribution >= 0.6 is 23.1 Å². The van der Waals surface area contributed by atoms with E-state index in [1.165, 1.54) is 28.0 Å². The first-order valence-electron chi connectivity index (χ1n) is 15.3. The fourth-order valence-corrected chi connectivity index (χ4v) is 6.73. The Kier molecular flexibility index (Phi) is 11.3. The second-order valence-electron chi connectivity index (χ2n) is 10.6. The summed E-state index contributed by atoms with van der Waals surface area (Å²) in [6.45, 7) is 5.44. The molecule has 1 fully saturated rings. The van der Waals surface area contributed by atoms with E-state index in [1.807, 2.05) is 54.6 Å². The van der Waals surface area contributed by atoms with Gasteiger partial charge < -0.3 is 14.6 Å². The van der Waals surface area contributed by atoms with Crippen LogP contribution in [0.1, 0.15) is 68.7 Å². The van der Waals surface area contributed by atoms with Gasteiger partial charge in [-0.25, -0.2) is 0 Å².